The number of carbonyl (C=O) groups excluding carboxylic acids is 1. The highest BCUT2D eigenvalue weighted by atomic mass is 16.4. The van der Waals surface area contributed by atoms with Crippen molar-refractivity contribution in [3.63, 3.8) is 0 Å². The molecule has 4 N–H and O–H groups in total. The predicted molar refractivity (Wildman–Crippen MR) is 53.8 cm³/mol. The second kappa shape index (κ2) is 4.50. The summed E-state index contributed by atoms with van der Waals surface area (Å²) in [7, 11) is 0. The Kier molecular flexibility index (Phi) is 3.33. The van der Waals surface area contributed by atoms with Gasteiger partial charge in [0.2, 0.25) is 0 Å². The first-order valence-electron chi connectivity index (χ1n) is 4.39. The maximum absolute atomic E-state index is 11.5. The molecule has 6 nitrogen and oxygen atoms in total. The molecule has 6 heteroatoms. The van der Waals surface area contributed by atoms with Crippen molar-refractivity contribution in [2.45, 2.75) is 19.9 Å². The van der Waals surface area contributed by atoms with Gasteiger partial charge < -0.3 is 20.7 Å². The van der Waals surface area contributed by atoms with Gasteiger partial charge in [-0.2, -0.15) is 0 Å². The molecule has 0 aliphatic heterocycles. The molecule has 82 valence electrons. The molecule has 0 aromatic carbocycles. The third-order valence-corrected chi connectivity index (χ3v) is 1.87. The van der Waals surface area contributed by atoms with Crippen LogP contribution in [0.4, 0.5) is 0 Å². The van der Waals surface area contributed by atoms with E-state index in [2.05, 4.69) is 10.5 Å². The Balaban J connectivity index is 2.64. The van der Waals surface area contributed by atoms with E-state index in [9.17, 15) is 4.79 Å². The SMILES string of the molecule is Cc1ccc(C(=O)NC(C)/C(N)=N/O)o1. The number of amides is 1. The quantitative estimate of drug-likeness (QED) is 0.292. The molecule has 0 aliphatic rings. The highest BCUT2D eigenvalue weighted by molar-refractivity contribution is 5.96. The normalized spacial score (nSPS) is 13.6. The fraction of sp³-hybridized carbons (Fsp3) is 0.333. The molecule has 1 rings (SSSR count). The summed E-state index contributed by atoms with van der Waals surface area (Å²) >= 11 is 0. The van der Waals surface area contributed by atoms with Crippen molar-refractivity contribution in [2.24, 2.45) is 10.9 Å². The van der Waals surface area contributed by atoms with E-state index in [0.717, 1.165) is 0 Å². The molecule has 15 heavy (non-hydrogen) atoms. The van der Waals surface area contributed by atoms with Crippen LogP contribution < -0.4 is 11.1 Å². The Morgan fingerprint density at radius 3 is 2.80 bits per heavy atom. The summed E-state index contributed by atoms with van der Waals surface area (Å²) in [5.41, 5.74) is 5.30. The van der Waals surface area contributed by atoms with Crippen LogP contribution in [-0.2, 0) is 0 Å². The van der Waals surface area contributed by atoms with Gasteiger partial charge in [0.15, 0.2) is 11.6 Å². The van der Waals surface area contributed by atoms with Crippen LogP contribution in [-0.4, -0.2) is 23.0 Å². The van der Waals surface area contributed by atoms with Gasteiger partial charge in [0, 0.05) is 0 Å². The van der Waals surface area contributed by atoms with Crippen LogP contribution in [0.1, 0.15) is 23.2 Å². The molecule has 1 unspecified atom stereocenters. The Hall–Kier alpha value is -1.98. The average Bonchev–Trinajstić information content (AvgIpc) is 2.63. The van der Waals surface area contributed by atoms with E-state index in [1.807, 2.05) is 0 Å². The van der Waals surface area contributed by atoms with Gasteiger partial charge in [-0.05, 0) is 26.0 Å². The Morgan fingerprint density at radius 1 is 1.67 bits per heavy atom. The Labute approximate surface area is 86.7 Å². The van der Waals surface area contributed by atoms with Crippen molar-refractivity contribution in [1.29, 1.82) is 0 Å². The lowest BCUT2D eigenvalue weighted by Gasteiger charge is -2.10. The topological polar surface area (TPSA) is 101 Å². The fourth-order valence-electron chi connectivity index (χ4n) is 0.985. The molecule has 1 heterocycles. The highest BCUT2D eigenvalue weighted by Crippen LogP contribution is 2.05. The van der Waals surface area contributed by atoms with Gasteiger partial charge in [0.1, 0.15) is 5.76 Å². The number of hydrogen-bond donors (Lipinski definition) is 3. The smallest absolute Gasteiger partial charge is 0.287 e. The van der Waals surface area contributed by atoms with Crippen molar-refractivity contribution < 1.29 is 14.4 Å². The summed E-state index contributed by atoms with van der Waals surface area (Å²) in [6.07, 6.45) is 0. The monoisotopic (exact) mass is 211 g/mol. The van der Waals surface area contributed by atoms with Crippen molar-refractivity contribution in [2.75, 3.05) is 0 Å². The maximum atomic E-state index is 11.5. The summed E-state index contributed by atoms with van der Waals surface area (Å²) in [5, 5.41) is 13.7. The predicted octanol–water partition coefficient (Wildman–Crippen LogP) is 0.453. The lowest BCUT2D eigenvalue weighted by atomic mass is 10.3. The summed E-state index contributed by atoms with van der Waals surface area (Å²) in [6.45, 7) is 3.34. The molecule has 0 radical (unpaired) electrons. The lowest BCUT2D eigenvalue weighted by Crippen LogP contribution is -2.42. The minimum Gasteiger partial charge on any atom is -0.456 e. The highest BCUT2D eigenvalue weighted by Gasteiger charge is 2.15. The van der Waals surface area contributed by atoms with Crippen LogP contribution in [0.3, 0.4) is 0 Å². The molecule has 1 atom stereocenters. The summed E-state index contributed by atoms with van der Waals surface area (Å²) < 4.78 is 5.10. The zero-order valence-electron chi connectivity index (χ0n) is 8.52. The van der Waals surface area contributed by atoms with E-state index in [0.29, 0.717) is 5.76 Å². The second-order valence-electron chi connectivity index (χ2n) is 3.13. The lowest BCUT2D eigenvalue weighted by molar-refractivity contribution is 0.0919. The van der Waals surface area contributed by atoms with E-state index in [1.165, 1.54) is 0 Å². The van der Waals surface area contributed by atoms with Crippen molar-refractivity contribution in [1.82, 2.24) is 5.32 Å². The number of nitrogens with two attached hydrogens (primary N) is 1. The van der Waals surface area contributed by atoms with Gasteiger partial charge in [0.05, 0.1) is 6.04 Å². The van der Waals surface area contributed by atoms with E-state index in [4.69, 9.17) is 15.4 Å². The fourth-order valence-corrected chi connectivity index (χ4v) is 0.985. The Bertz CT molecular complexity index is 384. The largest absolute Gasteiger partial charge is 0.456 e. The molecule has 0 aliphatic carbocycles. The maximum Gasteiger partial charge on any atom is 0.287 e. The van der Waals surface area contributed by atoms with E-state index in [1.54, 1.807) is 26.0 Å². The van der Waals surface area contributed by atoms with E-state index >= 15 is 0 Å². The number of hydrogen-bond acceptors (Lipinski definition) is 4. The van der Waals surface area contributed by atoms with E-state index < -0.39 is 11.9 Å². The first kappa shape index (κ1) is 11.1. The zero-order chi connectivity index (χ0) is 11.4. The molecule has 0 fully saturated rings. The zero-order valence-corrected chi connectivity index (χ0v) is 8.52. The van der Waals surface area contributed by atoms with E-state index in [-0.39, 0.29) is 11.6 Å². The van der Waals surface area contributed by atoms with Crippen molar-refractivity contribution in [3.8, 4) is 0 Å². The molecular weight excluding hydrogens is 198 g/mol. The number of nitrogens with zero attached hydrogens (tertiary/aromatic N) is 1. The van der Waals surface area contributed by atoms with Crippen LogP contribution in [0.15, 0.2) is 21.7 Å². The molecular formula is C9H13N3O3. The molecule has 0 saturated heterocycles. The van der Waals surface area contributed by atoms with Gasteiger partial charge in [-0.1, -0.05) is 5.16 Å². The van der Waals surface area contributed by atoms with Crippen LogP contribution in [0, 0.1) is 6.92 Å². The number of aryl methyl sites for hydroxylation is 1. The number of amidine groups is 1. The first-order chi connectivity index (χ1) is 7.04. The average molecular weight is 211 g/mol. The van der Waals surface area contributed by atoms with Crippen molar-refractivity contribution in [3.05, 3.63) is 23.7 Å². The third kappa shape index (κ3) is 2.73. The molecule has 1 aromatic heterocycles. The summed E-state index contributed by atoms with van der Waals surface area (Å²) in [4.78, 5) is 11.5. The summed E-state index contributed by atoms with van der Waals surface area (Å²) in [6, 6.07) is 2.69. The summed E-state index contributed by atoms with van der Waals surface area (Å²) in [5.74, 6) is 0.385. The number of furan rings is 1. The van der Waals surface area contributed by atoms with Crippen molar-refractivity contribution >= 4 is 11.7 Å². The standard InChI is InChI=1S/C9H13N3O3/c1-5-3-4-7(15-5)9(13)11-6(2)8(10)12-14/h3-4,6,14H,1-2H3,(H2,10,12)(H,11,13). The van der Waals surface area contributed by atoms with Crippen LogP contribution in [0.5, 0.6) is 0 Å². The number of rotatable bonds is 3. The number of oxime groups is 1. The first-order valence-corrected chi connectivity index (χ1v) is 4.39. The molecule has 0 saturated carbocycles. The third-order valence-electron chi connectivity index (χ3n) is 1.87. The second-order valence-corrected chi connectivity index (χ2v) is 3.13. The van der Waals surface area contributed by atoms with Gasteiger partial charge in [0.25, 0.3) is 5.91 Å². The molecule has 1 amide bonds. The minimum atomic E-state index is -0.548. The van der Waals surface area contributed by atoms with Gasteiger partial charge >= 0.3 is 0 Å². The number of nitrogens with one attached hydrogen (secondary N) is 1. The van der Waals surface area contributed by atoms with Crippen LogP contribution in [0.25, 0.3) is 0 Å². The number of carbonyl (C=O) groups is 1. The minimum absolute atomic E-state index is 0.0633. The van der Waals surface area contributed by atoms with Gasteiger partial charge in [-0.3, -0.25) is 4.79 Å². The Morgan fingerprint density at radius 2 is 2.33 bits per heavy atom. The van der Waals surface area contributed by atoms with Crippen LogP contribution in [0.2, 0.25) is 0 Å². The molecule has 0 spiro atoms. The van der Waals surface area contributed by atoms with Gasteiger partial charge in [-0.25, -0.2) is 0 Å². The van der Waals surface area contributed by atoms with Crippen LogP contribution >= 0.6 is 0 Å². The van der Waals surface area contributed by atoms with Gasteiger partial charge in [-0.15, -0.1) is 0 Å². The molecule has 0 bridgehead atoms. The molecule has 1 aromatic rings.